The van der Waals surface area contributed by atoms with Crippen molar-refractivity contribution in [3.63, 3.8) is 0 Å². The molecule has 1 aliphatic heterocycles. The molecule has 0 bridgehead atoms. The molecule has 1 fully saturated rings. The molecule has 1 aromatic rings. The van der Waals surface area contributed by atoms with Gasteiger partial charge in [-0.2, -0.15) is 0 Å². The zero-order valence-corrected chi connectivity index (χ0v) is 12.4. The van der Waals surface area contributed by atoms with E-state index in [1.807, 2.05) is 32.0 Å². The number of carboxylic acids is 1. The average molecular weight is 292 g/mol. The standard InChI is InChI=1S/C14H16N2O3S/c1-8-4-5-10(6-9(8)2)15-14-16(3)12(17)7-11(20-14)13(18)19/h4-6,11H,7H2,1-3H3,(H,18,19). The number of hydrogen-bond acceptors (Lipinski definition) is 4. The SMILES string of the molecule is Cc1ccc(N=C2SC(C(=O)O)CC(=O)N2C)cc1C. The number of nitrogens with zero attached hydrogens (tertiary/aromatic N) is 2. The summed E-state index contributed by atoms with van der Waals surface area (Å²) in [6, 6.07) is 5.74. The fourth-order valence-electron chi connectivity index (χ4n) is 1.79. The van der Waals surface area contributed by atoms with Crippen molar-refractivity contribution in [3.8, 4) is 0 Å². The predicted octanol–water partition coefficient (Wildman–Crippen LogP) is 2.34. The van der Waals surface area contributed by atoms with E-state index in [2.05, 4.69) is 4.99 Å². The van der Waals surface area contributed by atoms with E-state index >= 15 is 0 Å². The lowest BCUT2D eigenvalue weighted by atomic mass is 10.1. The summed E-state index contributed by atoms with van der Waals surface area (Å²) in [5.74, 6) is -1.21. The summed E-state index contributed by atoms with van der Waals surface area (Å²) in [6.07, 6.45) is 0.00243. The van der Waals surface area contributed by atoms with Crippen LogP contribution in [0.1, 0.15) is 17.5 Å². The third-order valence-electron chi connectivity index (χ3n) is 3.26. The summed E-state index contributed by atoms with van der Waals surface area (Å²) in [5.41, 5.74) is 3.00. The van der Waals surface area contributed by atoms with Crippen molar-refractivity contribution in [2.75, 3.05) is 7.05 Å². The van der Waals surface area contributed by atoms with Gasteiger partial charge in [0, 0.05) is 7.05 Å². The lowest BCUT2D eigenvalue weighted by Gasteiger charge is -2.27. The fourth-order valence-corrected chi connectivity index (χ4v) is 2.79. The van der Waals surface area contributed by atoms with E-state index in [1.165, 1.54) is 4.90 Å². The normalized spacial score (nSPS) is 21.4. The van der Waals surface area contributed by atoms with Gasteiger partial charge in [-0.3, -0.25) is 14.5 Å². The Labute approximate surface area is 121 Å². The number of amidine groups is 1. The van der Waals surface area contributed by atoms with Gasteiger partial charge in [-0.1, -0.05) is 17.8 Å². The van der Waals surface area contributed by atoms with Crippen molar-refractivity contribution < 1.29 is 14.7 Å². The molecule has 1 aliphatic rings. The molecule has 106 valence electrons. The van der Waals surface area contributed by atoms with Crippen molar-refractivity contribution in [2.45, 2.75) is 25.5 Å². The Morgan fingerprint density at radius 2 is 2.10 bits per heavy atom. The van der Waals surface area contributed by atoms with E-state index in [1.54, 1.807) is 7.05 Å². The van der Waals surface area contributed by atoms with E-state index in [0.717, 1.165) is 28.6 Å². The molecule has 6 heteroatoms. The molecule has 2 rings (SSSR count). The molecule has 0 aliphatic carbocycles. The summed E-state index contributed by atoms with van der Waals surface area (Å²) in [6.45, 7) is 4.00. The Morgan fingerprint density at radius 1 is 1.40 bits per heavy atom. The topological polar surface area (TPSA) is 70.0 Å². The van der Waals surface area contributed by atoms with E-state index < -0.39 is 11.2 Å². The Hall–Kier alpha value is -1.82. The van der Waals surface area contributed by atoms with Gasteiger partial charge in [0.05, 0.1) is 12.1 Å². The van der Waals surface area contributed by atoms with Gasteiger partial charge in [-0.05, 0) is 37.1 Å². The zero-order chi connectivity index (χ0) is 14.9. The minimum atomic E-state index is -0.982. The van der Waals surface area contributed by atoms with E-state index in [9.17, 15) is 9.59 Å². The first-order valence-electron chi connectivity index (χ1n) is 6.20. The molecular weight excluding hydrogens is 276 g/mol. The molecule has 0 radical (unpaired) electrons. The first-order chi connectivity index (χ1) is 9.38. The van der Waals surface area contributed by atoms with Crippen molar-refractivity contribution in [1.82, 2.24) is 4.90 Å². The Balaban J connectivity index is 2.32. The maximum atomic E-state index is 11.8. The first kappa shape index (κ1) is 14.6. The van der Waals surface area contributed by atoms with Crippen LogP contribution in [-0.2, 0) is 9.59 Å². The maximum Gasteiger partial charge on any atom is 0.317 e. The number of amides is 1. The molecule has 20 heavy (non-hydrogen) atoms. The van der Waals surface area contributed by atoms with Crippen molar-refractivity contribution in [1.29, 1.82) is 0 Å². The highest BCUT2D eigenvalue weighted by Gasteiger charge is 2.33. The summed E-state index contributed by atoms with van der Waals surface area (Å²) in [4.78, 5) is 28.7. The highest BCUT2D eigenvalue weighted by Crippen LogP contribution is 2.28. The van der Waals surface area contributed by atoms with Crippen LogP contribution in [0.5, 0.6) is 0 Å². The monoisotopic (exact) mass is 292 g/mol. The van der Waals surface area contributed by atoms with Crippen LogP contribution in [0.15, 0.2) is 23.2 Å². The Bertz CT molecular complexity index is 598. The quantitative estimate of drug-likeness (QED) is 0.908. The maximum absolute atomic E-state index is 11.8. The number of aryl methyl sites for hydroxylation is 2. The van der Waals surface area contributed by atoms with Gasteiger partial charge in [0.25, 0.3) is 0 Å². The van der Waals surface area contributed by atoms with Gasteiger partial charge >= 0.3 is 5.97 Å². The van der Waals surface area contributed by atoms with Crippen LogP contribution in [0.2, 0.25) is 0 Å². The van der Waals surface area contributed by atoms with Crippen LogP contribution < -0.4 is 0 Å². The average Bonchev–Trinajstić information content (AvgIpc) is 2.38. The molecule has 1 unspecified atom stereocenters. The van der Waals surface area contributed by atoms with Crippen LogP contribution in [0, 0.1) is 13.8 Å². The van der Waals surface area contributed by atoms with Crippen LogP contribution in [-0.4, -0.2) is 39.3 Å². The summed E-state index contributed by atoms with van der Waals surface area (Å²) in [5, 5.41) is 8.73. The highest BCUT2D eigenvalue weighted by molar-refractivity contribution is 8.15. The smallest absolute Gasteiger partial charge is 0.317 e. The number of hydrogen-bond donors (Lipinski definition) is 1. The molecule has 1 aromatic carbocycles. The number of thioether (sulfide) groups is 1. The van der Waals surface area contributed by atoms with Crippen LogP contribution in [0.4, 0.5) is 5.69 Å². The molecule has 1 amide bonds. The molecule has 1 N–H and O–H groups in total. The largest absolute Gasteiger partial charge is 0.480 e. The van der Waals surface area contributed by atoms with E-state index in [0.29, 0.717) is 5.17 Å². The third kappa shape index (κ3) is 3.01. The summed E-state index contributed by atoms with van der Waals surface area (Å²) < 4.78 is 0. The third-order valence-corrected chi connectivity index (χ3v) is 4.49. The first-order valence-corrected chi connectivity index (χ1v) is 7.08. The fraction of sp³-hybridized carbons (Fsp3) is 0.357. The van der Waals surface area contributed by atoms with E-state index in [4.69, 9.17) is 5.11 Å². The van der Waals surface area contributed by atoms with Crippen LogP contribution >= 0.6 is 11.8 Å². The lowest BCUT2D eigenvalue weighted by molar-refractivity contribution is -0.139. The second-order valence-electron chi connectivity index (χ2n) is 4.76. The van der Waals surface area contributed by atoms with Crippen molar-refractivity contribution >= 4 is 34.5 Å². The predicted molar refractivity (Wildman–Crippen MR) is 79.4 cm³/mol. The van der Waals surface area contributed by atoms with Gasteiger partial charge in [0.15, 0.2) is 5.17 Å². The number of aliphatic carboxylic acids is 1. The van der Waals surface area contributed by atoms with Crippen molar-refractivity contribution in [3.05, 3.63) is 29.3 Å². The van der Waals surface area contributed by atoms with Gasteiger partial charge in [0.2, 0.25) is 5.91 Å². The lowest BCUT2D eigenvalue weighted by Crippen LogP contribution is -2.41. The zero-order valence-electron chi connectivity index (χ0n) is 11.6. The molecular formula is C14H16N2O3S. The van der Waals surface area contributed by atoms with Gasteiger partial charge < -0.3 is 5.11 Å². The highest BCUT2D eigenvalue weighted by atomic mass is 32.2. The number of carbonyl (C=O) groups is 2. The second-order valence-corrected chi connectivity index (χ2v) is 5.93. The number of rotatable bonds is 2. The second kappa shape index (κ2) is 5.66. The molecule has 0 aromatic heterocycles. The van der Waals surface area contributed by atoms with Crippen LogP contribution in [0.25, 0.3) is 0 Å². The summed E-state index contributed by atoms with van der Waals surface area (Å²) >= 11 is 1.11. The molecule has 0 spiro atoms. The minimum absolute atomic E-state index is 0.00243. The Kier molecular flexibility index (Phi) is 4.13. The van der Waals surface area contributed by atoms with Crippen molar-refractivity contribution in [2.24, 2.45) is 4.99 Å². The Morgan fingerprint density at radius 3 is 2.70 bits per heavy atom. The molecule has 1 heterocycles. The van der Waals surface area contributed by atoms with Gasteiger partial charge in [-0.25, -0.2) is 4.99 Å². The van der Waals surface area contributed by atoms with E-state index in [-0.39, 0.29) is 12.3 Å². The summed E-state index contributed by atoms with van der Waals surface area (Å²) in [7, 11) is 1.62. The van der Waals surface area contributed by atoms with Crippen LogP contribution in [0.3, 0.4) is 0 Å². The van der Waals surface area contributed by atoms with Gasteiger partial charge in [0.1, 0.15) is 5.25 Å². The number of carbonyl (C=O) groups excluding carboxylic acids is 1. The number of aliphatic imine (C=N–C) groups is 1. The molecule has 5 nitrogen and oxygen atoms in total. The number of benzene rings is 1. The molecule has 0 saturated carbocycles. The molecule has 1 saturated heterocycles. The number of carboxylic acid groups (broad SMARTS) is 1. The van der Waals surface area contributed by atoms with Gasteiger partial charge in [-0.15, -0.1) is 0 Å². The minimum Gasteiger partial charge on any atom is -0.480 e. The molecule has 1 atom stereocenters.